The van der Waals surface area contributed by atoms with Gasteiger partial charge in [0.25, 0.3) is 0 Å². The van der Waals surface area contributed by atoms with Crippen LogP contribution in [0.3, 0.4) is 0 Å². The Morgan fingerprint density at radius 1 is 0.594 bits per heavy atom. The third-order valence-corrected chi connectivity index (χ3v) is 9.80. The predicted molar refractivity (Wildman–Crippen MR) is 135 cm³/mol. The van der Waals surface area contributed by atoms with Crippen molar-refractivity contribution in [2.24, 2.45) is 11.8 Å². The number of hydrogen-bond acceptors (Lipinski definition) is 4. The van der Waals surface area contributed by atoms with Crippen LogP contribution < -0.4 is 0 Å². The summed E-state index contributed by atoms with van der Waals surface area (Å²) in [4.78, 5) is 30.6. The van der Waals surface area contributed by atoms with Crippen LogP contribution in [0, 0.1) is 11.8 Å². The van der Waals surface area contributed by atoms with E-state index in [9.17, 15) is 9.59 Å². The molecule has 0 N–H and O–H groups in total. The molecule has 0 unspecified atom stereocenters. The van der Waals surface area contributed by atoms with Crippen molar-refractivity contribution in [3.63, 3.8) is 0 Å². The van der Waals surface area contributed by atoms with Crippen molar-refractivity contribution in [2.75, 3.05) is 0 Å². The minimum absolute atomic E-state index is 0.198. The molecular weight excluding hydrogens is 432 g/mol. The maximum absolute atomic E-state index is 13.2. The second-order valence-electron chi connectivity index (χ2n) is 9.68. The molecule has 2 saturated carbocycles. The summed E-state index contributed by atoms with van der Waals surface area (Å²) in [5, 5.41) is 2.50. The predicted octanol–water partition coefficient (Wildman–Crippen LogP) is 8.03. The number of benzene rings is 2. The van der Waals surface area contributed by atoms with E-state index in [2.05, 4.69) is 36.4 Å². The van der Waals surface area contributed by atoms with Gasteiger partial charge in [0.05, 0.1) is 9.81 Å². The van der Waals surface area contributed by atoms with Gasteiger partial charge in [0, 0.05) is 32.4 Å². The molecule has 6 rings (SSSR count). The zero-order chi connectivity index (χ0) is 21.7. The summed E-state index contributed by atoms with van der Waals surface area (Å²) in [5.74, 6) is 1.07. The molecular formula is C28H28O2S2. The number of hydrogen-bond donors (Lipinski definition) is 0. The lowest BCUT2D eigenvalue weighted by atomic mass is 9.85. The molecule has 0 amide bonds. The third kappa shape index (κ3) is 3.60. The molecule has 0 saturated heterocycles. The molecule has 2 aliphatic carbocycles. The average molecular weight is 461 g/mol. The van der Waals surface area contributed by atoms with Crippen molar-refractivity contribution in [1.82, 2.24) is 0 Å². The van der Waals surface area contributed by atoms with Crippen LogP contribution in [0.4, 0.5) is 0 Å². The minimum atomic E-state index is 0.198. The summed E-state index contributed by atoms with van der Waals surface area (Å²) in [6.45, 7) is 0. The lowest BCUT2D eigenvalue weighted by Gasteiger charge is -2.26. The van der Waals surface area contributed by atoms with E-state index in [4.69, 9.17) is 0 Å². The molecule has 0 atom stereocenters. The Labute approximate surface area is 198 Å². The quantitative estimate of drug-likeness (QED) is 0.462. The number of thioether (sulfide) groups is 2. The zero-order valence-electron chi connectivity index (χ0n) is 18.3. The molecule has 0 radical (unpaired) electrons. The van der Waals surface area contributed by atoms with Crippen molar-refractivity contribution in [3.8, 4) is 0 Å². The van der Waals surface area contributed by atoms with Crippen LogP contribution in [0.15, 0.2) is 43.9 Å². The fraction of sp³-hybridized carbons (Fsp3) is 0.429. The van der Waals surface area contributed by atoms with E-state index in [1.165, 1.54) is 59.1 Å². The normalized spacial score (nSPS) is 21.2. The van der Waals surface area contributed by atoms with E-state index < -0.39 is 0 Å². The number of carbonyl (C=O) groups excluding carboxylic acids is 2. The number of ketones is 2. The van der Waals surface area contributed by atoms with Gasteiger partial charge in [0.1, 0.15) is 0 Å². The van der Waals surface area contributed by atoms with E-state index in [1.807, 2.05) is 0 Å². The van der Waals surface area contributed by atoms with E-state index in [0.29, 0.717) is 11.6 Å². The van der Waals surface area contributed by atoms with Gasteiger partial charge in [-0.3, -0.25) is 9.59 Å². The Kier molecular flexibility index (Phi) is 5.55. The zero-order valence-corrected chi connectivity index (χ0v) is 20.0. The van der Waals surface area contributed by atoms with Crippen LogP contribution in [0.25, 0.3) is 22.9 Å². The largest absolute Gasteiger partial charge is 0.293 e. The summed E-state index contributed by atoms with van der Waals surface area (Å²) in [7, 11) is 0. The average Bonchev–Trinajstić information content (AvgIpc) is 2.87. The Hall–Kier alpha value is -1.78. The van der Waals surface area contributed by atoms with E-state index in [1.54, 1.807) is 23.5 Å². The van der Waals surface area contributed by atoms with Gasteiger partial charge >= 0.3 is 0 Å². The third-order valence-electron chi connectivity index (χ3n) is 7.60. The Balaban J connectivity index is 1.36. The summed E-state index contributed by atoms with van der Waals surface area (Å²) in [6, 6.07) is 8.62. The number of carbonyl (C=O) groups is 2. The minimum Gasteiger partial charge on any atom is -0.293 e. The van der Waals surface area contributed by atoms with Gasteiger partial charge in [-0.2, -0.15) is 0 Å². The first-order chi connectivity index (χ1) is 15.7. The highest BCUT2D eigenvalue weighted by molar-refractivity contribution is 8.05. The van der Waals surface area contributed by atoms with E-state index in [-0.39, 0.29) is 11.8 Å². The van der Waals surface area contributed by atoms with Gasteiger partial charge in [-0.15, -0.1) is 0 Å². The fourth-order valence-corrected chi connectivity index (χ4v) is 8.14. The monoisotopic (exact) mass is 460 g/mol. The molecule has 0 spiro atoms. The molecule has 2 aromatic rings. The second kappa shape index (κ2) is 8.53. The molecule has 2 fully saturated rings. The first-order valence-electron chi connectivity index (χ1n) is 12.2. The van der Waals surface area contributed by atoms with Gasteiger partial charge in [-0.1, -0.05) is 74.2 Å². The van der Waals surface area contributed by atoms with Gasteiger partial charge in [0.2, 0.25) is 0 Å². The van der Waals surface area contributed by atoms with Crippen molar-refractivity contribution in [1.29, 1.82) is 0 Å². The highest BCUT2D eigenvalue weighted by Crippen LogP contribution is 2.50. The van der Waals surface area contributed by atoms with Crippen molar-refractivity contribution in [3.05, 3.63) is 45.2 Å². The highest BCUT2D eigenvalue weighted by Gasteiger charge is 2.31. The van der Waals surface area contributed by atoms with Crippen molar-refractivity contribution < 1.29 is 9.59 Å². The SMILES string of the molecule is O=C(C1=Cc2ccc3c4c(ccc(c24)S1)C=C(C(=O)C1CCCCC1)S3)C1CCCCC1. The van der Waals surface area contributed by atoms with Crippen LogP contribution in [0.5, 0.6) is 0 Å². The van der Waals surface area contributed by atoms with Crippen LogP contribution in [0.1, 0.15) is 75.3 Å². The van der Waals surface area contributed by atoms with Gasteiger partial charge in [-0.25, -0.2) is 0 Å². The van der Waals surface area contributed by atoms with Crippen LogP contribution in [0.2, 0.25) is 0 Å². The molecule has 0 aromatic heterocycles. The van der Waals surface area contributed by atoms with E-state index in [0.717, 1.165) is 46.6 Å². The lowest BCUT2D eigenvalue weighted by molar-refractivity contribution is -0.120. The molecule has 32 heavy (non-hydrogen) atoms. The summed E-state index contributed by atoms with van der Waals surface area (Å²) >= 11 is 3.30. The number of rotatable bonds is 4. The molecule has 0 bridgehead atoms. The topological polar surface area (TPSA) is 34.1 Å². The van der Waals surface area contributed by atoms with Crippen molar-refractivity contribution >= 4 is 58.0 Å². The Morgan fingerprint density at radius 2 is 1.00 bits per heavy atom. The molecule has 164 valence electrons. The van der Waals surface area contributed by atoms with Crippen molar-refractivity contribution in [2.45, 2.75) is 74.0 Å². The summed E-state index contributed by atoms with van der Waals surface area (Å²) < 4.78 is 0. The lowest BCUT2D eigenvalue weighted by Crippen LogP contribution is -2.19. The molecule has 4 aliphatic rings. The Morgan fingerprint density at radius 3 is 1.41 bits per heavy atom. The highest BCUT2D eigenvalue weighted by atomic mass is 32.2. The molecule has 2 heterocycles. The summed E-state index contributed by atoms with van der Waals surface area (Å²) in [5.41, 5.74) is 2.30. The first-order valence-corrected chi connectivity index (χ1v) is 13.8. The molecule has 2 aromatic carbocycles. The van der Waals surface area contributed by atoms with Gasteiger partial charge in [0.15, 0.2) is 11.6 Å². The smallest absolute Gasteiger partial charge is 0.172 e. The second-order valence-corrected chi connectivity index (χ2v) is 11.8. The maximum Gasteiger partial charge on any atom is 0.172 e. The maximum atomic E-state index is 13.2. The molecule has 4 heteroatoms. The van der Waals surface area contributed by atoms with Crippen LogP contribution in [-0.2, 0) is 9.59 Å². The van der Waals surface area contributed by atoms with E-state index >= 15 is 0 Å². The standard InChI is InChI=1S/C28H28O2S2/c29-27(17-7-3-1-4-8-17)23-15-19-11-14-22-26-20(12-13-21(31-23)25(19)26)16-24(32-22)28(30)18-9-5-2-6-10-18/h11-18H,1-10H2. The van der Waals surface area contributed by atoms with Gasteiger partial charge in [-0.05, 0) is 61.1 Å². The van der Waals surface area contributed by atoms with Crippen LogP contribution in [-0.4, -0.2) is 11.6 Å². The number of Topliss-reactive ketones (excluding diaryl/α,β-unsaturated/α-hetero) is 2. The fourth-order valence-electron chi connectivity index (χ4n) is 5.85. The first kappa shape index (κ1) is 20.8. The molecule has 2 aliphatic heterocycles. The molecule has 2 nitrogen and oxygen atoms in total. The number of allylic oxidation sites excluding steroid dienone is 2. The Bertz CT molecular complexity index is 1080. The van der Waals surface area contributed by atoms with Crippen LogP contribution >= 0.6 is 23.5 Å². The van der Waals surface area contributed by atoms with Gasteiger partial charge < -0.3 is 0 Å². The summed E-state index contributed by atoms with van der Waals surface area (Å²) in [6.07, 6.45) is 15.6.